The highest BCUT2D eigenvalue weighted by Crippen LogP contribution is 2.30. The topological polar surface area (TPSA) is 81.7 Å². The molecule has 0 unspecified atom stereocenters. The highest BCUT2D eigenvalue weighted by atomic mass is 32.2. The molecule has 1 aromatic carbocycles. The van der Waals surface area contributed by atoms with Crippen LogP contribution in [0.15, 0.2) is 18.2 Å². The molecule has 1 rings (SSSR count). The Kier molecular flexibility index (Phi) is 6.02. The van der Waals surface area contributed by atoms with Crippen molar-refractivity contribution in [3.63, 3.8) is 0 Å². The molecule has 1 aromatic rings. The van der Waals surface area contributed by atoms with E-state index < -0.39 is 15.9 Å². The number of ether oxygens (including phenoxy) is 2. The van der Waals surface area contributed by atoms with Crippen LogP contribution in [0.25, 0.3) is 0 Å². The van der Waals surface area contributed by atoms with Crippen LogP contribution in [-0.2, 0) is 14.6 Å². The predicted molar refractivity (Wildman–Crippen MR) is 80.4 cm³/mol. The Labute approximate surface area is 125 Å². The fraction of sp³-hybridized carbons (Fsp3) is 0.500. The summed E-state index contributed by atoms with van der Waals surface area (Å²) in [4.78, 5) is 11.3. The number of carbonyl (C=O) groups is 1. The Morgan fingerprint density at radius 1 is 1.33 bits per heavy atom. The molecule has 1 atom stereocenters. The fourth-order valence-corrected chi connectivity index (χ4v) is 2.83. The molecule has 1 N–H and O–H groups in total. The fourth-order valence-electron chi connectivity index (χ4n) is 1.95. The van der Waals surface area contributed by atoms with Crippen molar-refractivity contribution in [3.8, 4) is 11.5 Å². The van der Waals surface area contributed by atoms with E-state index in [0.717, 1.165) is 6.26 Å². The van der Waals surface area contributed by atoms with Gasteiger partial charge in [0.05, 0.1) is 25.5 Å². The quantitative estimate of drug-likeness (QED) is 0.820. The summed E-state index contributed by atoms with van der Waals surface area (Å²) in [5.41, 5.74) is 0.653. The number of hydrogen-bond donors (Lipinski definition) is 1. The third-order valence-electron chi connectivity index (χ3n) is 2.74. The van der Waals surface area contributed by atoms with Gasteiger partial charge in [-0.05, 0) is 24.6 Å². The van der Waals surface area contributed by atoms with Crippen molar-refractivity contribution in [2.24, 2.45) is 0 Å². The Balaban J connectivity index is 3.17. The van der Waals surface area contributed by atoms with E-state index >= 15 is 0 Å². The van der Waals surface area contributed by atoms with Crippen molar-refractivity contribution in [1.82, 2.24) is 5.32 Å². The molecule has 0 aliphatic carbocycles. The first kappa shape index (κ1) is 17.3. The molecule has 0 bridgehead atoms. The van der Waals surface area contributed by atoms with Gasteiger partial charge in [-0.2, -0.15) is 0 Å². The Hall–Kier alpha value is -1.76. The average Bonchev–Trinajstić information content (AvgIpc) is 2.36. The summed E-state index contributed by atoms with van der Waals surface area (Å²) < 4.78 is 33.7. The first-order valence-corrected chi connectivity index (χ1v) is 8.58. The van der Waals surface area contributed by atoms with Gasteiger partial charge in [0.25, 0.3) is 0 Å². The predicted octanol–water partition coefficient (Wildman–Crippen LogP) is 1.32. The van der Waals surface area contributed by atoms with Crippen LogP contribution in [0.3, 0.4) is 0 Å². The van der Waals surface area contributed by atoms with Crippen molar-refractivity contribution in [3.05, 3.63) is 23.8 Å². The zero-order valence-electron chi connectivity index (χ0n) is 12.7. The van der Waals surface area contributed by atoms with Crippen LogP contribution in [0.5, 0.6) is 11.5 Å². The van der Waals surface area contributed by atoms with Crippen LogP contribution in [0.2, 0.25) is 0 Å². The van der Waals surface area contributed by atoms with Crippen molar-refractivity contribution in [1.29, 1.82) is 0 Å². The second kappa shape index (κ2) is 7.31. The van der Waals surface area contributed by atoms with E-state index in [9.17, 15) is 13.2 Å². The SMILES string of the molecule is CCOc1cc([C@@H](CS(C)(=O)=O)NC(C)=O)ccc1OC. The lowest BCUT2D eigenvalue weighted by Crippen LogP contribution is -2.31. The van der Waals surface area contributed by atoms with E-state index in [2.05, 4.69) is 5.32 Å². The number of rotatable bonds is 7. The number of methoxy groups -OCH3 is 1. The second-order valence-corrected chi connectivity index (χ2v) is 6.87. The smallest absolute Gasteiger partial charge is 0.217 e. The largest absolute Gasteiger partial charge is 0.493 e. The molecular formula is C14H21NO5S. The van der Waals surface area contributed by atoms with Crippen LogP contribution < -0.4 is 14.8 Å². The highest BCUT2D eigenvalue weighted by molar-refractivity contribution is 7.90. The molecule has 0 heterocycles. The van der Waals surface area contributed by atoms with Gasteiger partial charge in [0.2, 0.25) is 5.91 Å². The zero-order valence-corrected chi connectivity index (χ0v) is 13.5. The van der Waals surface area contributed by atoms with Crippen molar-refractivity contribution in [2.45, 2.75) is 19.9 Å². The third-order valence-corrected chi connectivity index (χ3v) is 3.68. The van der Waals surface area contributed by atoms with E-state index in [0.29, 0.717) is 23.7 Å². The minimum atomic E-state index is -3.24. The van der Waals surface area contributed by atoms with Crippen molar-refractivity contribution < 1.29 is 22.7 Å². The normalized spacial score (nSPS) is 12.6. The highest BCUT2D eigenvalue weighted by Gasteiger charge is 2.20. The molecule has 0 saturated carbocycles. The van der Waals surface area contributed by atoms with Crippen molar-refractivity contribution >= 4 is 15.7 Å². The van der Waals surface area contributed by atoms with E-state index in [4.69, 9.17) is 9.47 Å². The Bertz CT molecular complexity index is 597. The molecule has 0 aliphatic rings. The summed E-state index contributed by atoms with van der Waals surface area (Å²) in [5.74, 6) is 0.602. The van der Waals surface area contributed by atoms with Gasteiger partial charge in [-0.25, -0.2) is 8.42 Å². The van der Waals surface area contributed by atoms with Gasteiger partial charge in [-0.15, -0.1) is 0 Å². The molecule has 0 radical (unpaired) electrons. The van der Waals surface area contributed by atoms with E-state index in [-0.39, 0.29) is 11.7 Å². The van der Waals surface area contributed by atoms with Gasteiger partial charge in [0, 0.05) is 13.2 Å². The summed E-state index contributed by atoms with van der Waals surface area (Å²) in [6.45, 7) is 3.65. The first-order chi connectivity index (χ1) is 9.76. The minimum Gasteiger partial charge on any atom is -0.493 e. The number of carbonyl (C=O) groups excluding carboxylic acids is 1. The number of benzene rings is 1. The number of hydrogen-bond acceptors (Lipinski definition) is 5. The van der Waals surface area contributed by atoms with Gasteiger partial charge >= 0.3 is 0 Å². The van der Waals surface area contributed by atoms with Crippen molar-refractivity contribution in [2.75, 3.05) is 25.7 Å². The Morgan fingerprint density at radius 3 is 2.48 bits per heavy atom. The van der Waals surface area contributed by atoms with Crippen LogP contribution in [-0.4, -0.2) is 40.1 Å². The number of amides is 1. The lowest BCUT2D eigenvalue weighted by Gasteiger charge is -2.19. The molecule has 0 spiro atoms. The molecule has 21 heavy (non-hydrogen) atoms. The molecule has 118 valence electrons. The lowest BCUT2D eigenvalue weighted by atomic mass is 10.1. The summed E-state index contributed by atoms with van der Waals surface area (Å²) in [6.07, 6.45) is 1.13. The van der Waals surface area contributed by atoms with Gasteiger partial charge in [-0.1, -0.05) is 6.07 Å². The second-order valence-electron chi connectivity index (χ2n) is 4.69. The molecule has 0 saturated heterocycles. The van der Waals surface area contributed by atoms with E-state index in [1.807, 2.05) is 6.92 Å². The van der Waals surface area contributed by atoms with Crippen LogP contribution in [0, 0.1) is 0 Å². The minimum absolute atomic E-state index is 0.176. The molecule has 7 heteroatoms. The van der Waals surface area contributed by atoms with Gasteiger partial charge in [-0.3, -0.25) is 4.79 Å². The summed E-state index contributed by atoms with van der Waals surface area (Å²) >= 11 is 0. The van der Waals surface area contributed by atoms with E-state index in [1.165, 1.54) is 14.0 Å². The Morgan fingerprint density at radius 2 is 2.00 bits per heavy atom. The maximum absolute atomic E-state index is 11.5. The van der Waals surface area contributed by atoms with Crippen LogP contribution >= 0.6 is 0 Å². The molecule has 0 aliphatic heterocycles. The lowest BCUT2D eigenvalue weighted by molar-refractivity contribution is -0.119. The van der Waals surface area contributed by atoms with Gasteiger partial charge in [0.1, 0.15) is 9.84 Å². The monoisotopic (exact) mass is 315 g/mol. The molecule has 0 aromatic heterocycles. The zero-order chi connectivity index (χ0) is 16.0. The van der Waals surface area contributed by atoms with Crippen LogP contribution in [0.1, 0.15) is 25.5 Å². The molecule has 6 nitrogen and oxygen atoms in total. The number of nitrogens with one attached hydrogen (secondary N) is 1. The summed E-state index contributed by atoms with van der Waals surface area (Å²) in [6, 6.07) is 4.47. The average molecular weight is 315 g/mol. The summed E-state index contributed by atoms with van der Waals surface area (Å²) in [7, 11) is -1.72. The standard InChI is InChI=1S/C14H21NO5S/c1-5-20-14-8-11(6-7-13(14)19-3)12(15-10(2)16)9-21(4,17)18/h6-8,12H,5,9H2,1-4H3,(H,15,16)/t12-/m1/s1. The third kappa shape index (κ3) is 5.63. The van der Waals surface area contributed by atoms with Gasteiger partial charge < -0.3 is 14.8 Å². The van der Waals surface area contributed by atoms with E-state index in [1.54, 1.807) is 18.2 Å². The maximum atomic E-state index is 11.5. The molecular weight excluding hydrogens is 294 g/mol. The molecule has 0 fully saturated rings. The number of sulfone groups is 1. The molecule has 1 amide bonds. The first-order valence-electron chi connectivity index (χ1n) is 6.52. The summed E-state index contributed by atoms with van der Waals surface area (Å²) in [5, 5.41) is 2.65. The van der Waals surface area contributed by atoms with Gasteiger partial charge in [0.15, 0.2) is 11.5 Å². The maximum Gasteiger partial charge on any atom is 0.217 e. The van der Waals surface area contributed by atoms with Crippen LogP contribution in [0.4, 0.5) is 0 Å².